The maximum Gasteiger partial charge on any atom is 0.213 e. The minimum Gasteiger partial charge on any atom is -0.369 e. The number of nitrogens with zero attached hydrogens (tertiary/aromatic N) is 3. The van der Waals surface area contributed by atoms with Gasteiger partial charge in [0.25, 0.3) is 0 Å². The van der Waals surface area contributed by atoms with Crippen molar-refractivity contribution in [1.29, 1.82) is 0 Å². The van der Waals surface area contributed by atoms with Crippen molar-refractivity contribution in [2.75, 3.05) is 0 Å². The van der Waals surface area contributed by atoms with Crippen LogP contribution in [0.15, 0.2) is 9.98 Å². The van der Waals surface area contributed by atoms with Gasteiger partial charge >= 0.3 is 0 Å². The predicted octanol–water partition coefficient (Wildman–Crippen LogP) is 6.37. The van der Waals surface area contributed by atoms with Gasteiger partial charge in [0.15, 0.2) is 0 Å². The van der Waals surface area contributed by atoms with Crippen molar-refractivity contribution in [3.8, 4) is 0 Å². The van der Waals surface area contributed by atoms with E-state index in [0.717, 1.165) is 53.3 Å². The van der Waals surface area contributed by atoms with Crippen LogP contribution in [0.4, 0.5) is 0 Å². The van der Waals surface area contributed by atoms with Crippen LogP contribution in [0.25, 0.3) is 0 Å². The van der Waals surface area contributed by atoms with Crippen molar-refractivity contribution in [3.63, 3.8) is 0 Å². The standard InChI is InChI=1S/C34H56N6/c35-33(36-29-7-3-1-4-8-29)39-40(30-9-5-2-6-10-30)34(37-31-25-13-21-11-22(15-25)16-26(31)14-21)38-32-27-17-23-12-24(19-27)20-28(32)18-23/h21-32H,1-20H2,(H,37,38)(H3,35,36,39). The predicted molar refractivity (Wildman–Crippen MR) is 163 cm³/mol. The molecule has 10 aliphatic carbocycles. The molecule has 0 atom stereocenters. The van der Waals surface area contributed by atoms with Crippen molar-refractivity contribution in [2.24, 2.45) is 63.1 Å². The topological polar surface area (TPSA) is 78.0 Å². The summed E-state index contributed by atoms with van der Waals surface area (Å²) >= 11 is 0. The Hall–Kier alpha value is -1.46. The fourth-order valence-corrected chi connectivity index (χ4v) is 11.9. The quantitative estimate of drug-likeness (QED) is 0.217. The summed E-state index contributed by atoms with van der Waals surface area (Å²) in [7, 11) is 0. The monoisotopic (exact) mass is 548 g/mol. The summed E-state index contributed by atoms with van der Waals surface area (Å²) in [5.74, 6) is 9.02. The first-order chi connectivity index (χ1) is 19.6. The molecule has 0 unspecified atom stereocenters. The van der Waals surface area contributed by atoms with Gasteiger partial charge in [-0.15, -0.1) is 0 Å². The lowest BCUT2D eigenvalue weighted by Gasteiger charge is -2.55. The maximum atomic E-state index is 6.76. The molecule has 0 aromatic rings. The summed E-state index contributed by atoms with van der Waals surface area (Å²) in [5, 5.41) is 6.72. The number of nitrogens with one attached hydrogen (secondary N) is 2. The van der Waals surface area contributed by atoms with Gasteiger partial charge in [0.2, 0.25) is 11.9 Å². The van der Waals surface area contributed by atoms with E-state index in [1.54, 1.807) is 0 Å². The van der Waals surface area contributed by atoms with Gasteiger partial charge in [-0.05, 0) is 137 Å². The Morgan fingerprint density at radius 1 is 0.575 bits per heavy atom. The minimum absolute atomic E-state index is 0.386. The molecule has 0 amide bonds. The van der Waals surface area contributed by atoms with Crippen molar-refractivity contribution >= 4 is 11.9 Å². The third-order valence-electron chi connectivity index (χ3n) is 13.3. The third-order valence-corrected chi connectivity index (χ3v) is 13.3. The van der Waals surface area contributed by atoms with E-state index in [1.807, 2.05) is 0 Å². The molecular formula is C34H56N6. The summed E-state index contributed by atoms with van der Waals surface area (Å²) in [5.41, 5.74) is 10.5. The Kier molecular flexibility index (Phi) is 7.19. The zero-order valence-electron chi connectivity index (χ0n) is 25.0. The highest BCUT2D eigenvalue weighted by atomic mass is 15.6. The van der Waals surface area contributed by atoms with Crippen molar-refractivity contribution < 1.29 is 0 Å². The van der Waals surface area contributed by atoms with E-state index in [9.17, 15) is 0 Å². The lowest BCUT2D eigenvalue weighted by Crippen LogP contribution is -2.64. The molecule has 0 saturated heterocycles. The Morgan fingerprint density at radius 3 is 1.62 bits per heavy atom. The van der Waals surface area contributed by atoms with Crippen LogP contribution in [0, 0.1) is 47.3 Å². The summed E-state index contributed by atoms with van der Waals surface area (Å²) in [6, 6.07) is 1.93. The fourth-order valence-electron chi connectivity index (χ4n) is 11.9. The summed E-state index contributed by atoms with van der Waals surface area (Å²) < 4.78 is 0. The molecule has 8 bridgehead atoms. The number of hydrogen-bond acceptors (Lipinski definition) is 2. The van der Waals surface area contributed by atoms with E-state index in [-0.39, 0.29) is 0 Å². The average molecular weight is 549 g/mol. The number of guanidine groups is 2. The van der Waals surface area contributed by atoms with Gasteiger partial charge in [0.05, 0.1) is 18.1 Å². The maximum absolute atomic E-state index is 6.76. The van der Waals surface area contributed by atoms with Crippen molar-refractivity contribution in [1.82, 2.24) is 15.8 Å². The number of hydrogen-bond donors (Lipinski definition) is 3. The first kappa shape index (κ1) is 26.2. The second-order valence-electron chi connectivity index (χ2n) is 16.1. The largest absolute Gasteiger partial charge is 0.369 e. The normalized spacial score (nSPS) is 45.2. The number of aliphatic imine (C=N–C) groups is 2. The van der Waals surface area contributed by atoms with Crippen LogP contribution in [0.1, 0.15) is 128 Å². The average Bonchev–Trinajstić information content (AvgIpc) is 2.95. The molecule has 222 valence electrons. The molecular weight excluding hydrogens is 492 g/mol. The van der Waals surface area contributed by atoms with E-state index >= 15 is 0 Å². The highest BCUT2D eigenvalue weighted by Crippen LogP contribution is 2.56. The molecule has 40 heavy (non-hydrogen) atoms. The van der Waals surface area contributed by atoms with E-state index in [2.05, 4.69) is 15.8 Å². The van der Waals surface area contributed by atoms with Gasteiger partial charge in [-0.2, -0.15) is 0 Å². The molecule has 10 fully saturated rings. The summed E-state index contributed by atoms with van der Waals surface area (Å²) in [6.45, 7) is 0. The van der Waals surface area contributed by atoms with Gasteiger partial charge in [-0.25, -0.2) is 9.98 Å². The Labute approximate surface area is 243 Å². The van der Waals surface area contributed by atoms with Gasteiger partial charge in [-0.1, -0.05) is 38.5 Å². The summed E-state index contributed by atoms with van der Waals surface area (Å²) in [4.78, 5) is 10.9. The van der Waals surface area contributed by atoms with Gasteiger partial charge < -0.3 is 11.1 Å². The van der Waals surface area contributed by atoms with Crippen LogP contribution >= 0.6 is 0 Å². The molecule has 4 N–H and O–H groups in total. The van der Waals surface area contributed by atoms with Gasteiger partial charge in [0.1, 0.15) is 0 Å². The molecule has 0 heterocycles. The van der Waals surface area contributed by atoms with Crippen LogP contribution in [0.3, 0.4) is 0 Å². The van der Waals surface area contributed by atoms with Crippen LogP contribution in [-0.4, -0.2) is 41.1 Å². The van der Waals surface area contributed by atoms with E-state index in [1.165, 1.54) is 128 Å². The molecule has 0 spiro atoms. The lowest BCUT2D eigenvalue weighted by molar-refractivity contribution is -0.0105. The van der Waals surface area contributed by atoms with Crippen LogP contribution in [0.2, 0.25) is 0 Å². The molecule has 0 radical (unpaired) electrons. The molecule has 6 heteroatoms. The van der Waals surface area contributed by atoms with Crippen molar-refractivity contribution in [3.05, 3.63) is 0 Å². The number of nitrogens with two attached hydrogens (primary N) is 1. The van der Waals surface area contributed by atoms with Gasteiger partial charge in [-0.3, -0.25) is 10.4 Å². The number of rotatable bonds is 4. The van der Waals surface area contributed by atoms with Crippen molar-refractivity contribution in [2.45, 2.75) is 153 Å². The molecule has 10 aliphatic rings. The smallest absolute Gasteiger partial charge is 0.213 e. The molecule has 0 aliphatic heterocycles. The minimum atomic E-state index is 0.386. The zero-order chi connectivity index (χ0) is 26.6. The Bertz CT molecular complexity index is 905. The highest BCUT2D eigenvalue weighted by molar-refractivity contribution is 5.85. The SMILES string of the molecule is NC(=NC1CCCCC1)NN(C(=NC1C2CC3CC(C2)CC1C3)NC1C2CC3CC(C2)CC1C3)C1CCCCC1. The Morgan fingerprint density at radius 2 is 1.07 bits per heavy atom. The lowest BCUT2D eigenvalue weighted by atomic mass is 9.54. The van der Waals surface area contributed by atoms with E-state index in [4.69, 9.17) is 15.7 Å². The second-order valence-corrected chi connectivity index (χ2v) is 16.1. The third kappa shape index (κ3) is 5.16. The van der Waals surface area contributed by atoms with Crippen LogP contribution in [-0.2, 0) is 0 Å². The highest BCUT2D eigenvalue weighted by Gasteiger charge is 2.51. The molecule has 0 aromatic carbocycles. The van der Waals surface area contributed by atoms with Crippen LogP contribution in [0.5, 0.6) is 0 Å². The Balaban J connectivity index is 1.11. The van der Waals surface area contributed by atoms with E-state index in [0.29, 0.717) is 30.1 Å². The van der Waals surface area contributed by atoms with Crippen LogP contribution < -0.4 is 16.5 Å². The first-order valence-electron chi connectivity index (χ1n) is 17.9. The zero-order valence-corrected chi connectivity index (χ0v) is 25.0. The molecule has 6 nitrogen and oxygen atoms in total. The van der Waals surface area contributed by atoms with Gasteiger partial charge in [0, 0.05) is 6.04 Å². The molecule has 10 saturated carbocycles. The number of hydrazine groups is 1. The summed E-state index contributed by atoms with van der Waals surface area (Å²) in [6.07, 6.45) is 27.2. The first-order valence-corrected chi connectivity index (χ1v) is 17.9. The second kappa shape index (κ2) is 11.0. The molecule has 0 aromatic heterocycles. The fraction of sp³-hybridized carbons (Fsp3) is 0.941. The molecule has 10 rings (SSSR count). The van der Waals surface area contributed by atoms with E-state index < -0.39 is 0 Å².